The Kier molecular flexibility index (Phi) is 3.42. The van der Waals surface area contributed by atoms with E-state index in [2.05, 4.69) is 22.1 Å². The van der Waals surface area contributed by atoms with Crippen LogP contribution in [0.5, 0.6) is 5.75 Å². The van der Waals surface area contributed by atoms with Crippen molar-refractivity contribution in [2.75, 3.05) is 6.61 Å². The van der Waals surface area contributed by atoms with Crippen LogP contribution in [0.2, 0.25) is 0 Å². The molecule has 0 amide bonds. The molecule has 0 bridgehead atoms. The van der Waals surface area contributed by atoms with E-state index in [4.69, 9.17) is 10.5 Å². The van der Waals surface area contributed by atoms with Gasteiger partial charge in [-0.3, -0.25) is 0 Å². The van der Waals surface area contributed by atoms with Crippen molar-refractivity contribution in [3.8, 4) is 5.75 Å². The maximum absolute atomic E-state index is 6.26. The Hall–Kier alpha value is -1.94. The third-order valence-electron chi connectivity index (χ3n) is 3.63. The van der Waals surface area contributed by atoms with Gasteiger partial charge in [-0.05, 0) is 30.4 Å². The summed E-state index contributed by atoms with van der Waals surface area (Å²) in [6.07, 6.45) is 7.03. The molecule has 1 aliphatic heterocycles. The minimum Gasteiger partial charge on any atom is -0.493 e. The van der Waals surface area contributed by atoms with E-state index >= 15 is 0 Å². The van der Waals surface area contributed by atoms with Crippen LogP contribution in [-0.4, -0.2) is 16.6 Å². The lowest BCUT2D eigenvalue weighted by Crippen LogP contribution is -2.20. The first-order valence-electron chi connectivity index (χ1n) is 6.57. The smallest absolute Gasteiger partial charge is 0.122 e. The zero-order chi connectivity index (χ0) is 13.1. The van der Waals surface area contributed by atoms with Crippen LogP contribution in [0.3, 0.4) is 0 Å². The van der Waals surface area contributed by atoms with Crippen molar-refractivity contribution < 1.29 is 4.74 Å². The number of benzene rings is 1. The summed E-state index contributed by atoms with van der Waals surface area (Å²) < 4.78 is 5.68. The van der Waals surface area contributed by atoms with Crippen LogP contribution < -0.4 is 10.5 Å². The molecule has 4 nitrogen and oxygen atoms in total. The van der Waals surface area contributed by atoms with E-state index in [0.717, 1.165) is 30.8 Å². The summed E-state index contributed by atoms with van der Waals surface area (Å²) in [5.74, 6) is 1.44. The normalized spacial score (nSPS) is 19.3. The van der Waals surface area contributed by atoms with Gasteiger partial charge in [0, 0.05) is 24.0 Å². The van der Waals surface area contributed by atoms with Gasteiger partial charge in [-0.1, -0.05) is 18.2 Å². The van der Waals surface area contributed by atoms with E-state index in [9.17, 15) is 0 Å². The predicted molar refractivity (Wildman–Crippen MR) is 72.9 cm³/mol. The Balaban J connectivity index is 1.78. The maximum atomic E-state index is 6.26. The highest BCUT2D eigenvalue weighted by Crippen LogP contribution is 2.37. The van der Waals surface area contributed by atoms with Crippen molar-refractivity contribution >= 4 is 0 Å². The van der Waals surface area contributed by atoms with Crippen LogP contribution in [-0.2, 0) is 0 Å². The number of para-hydroxylation sites is 1. The largest absolute Gasteiger partial charge is 0.493 e. The molecule has 2 aromatic rings. The van der Waals surface area contributed by atoms with Crippen molar-refractivity contribution in [1.82, 2.24) is 9.97 Å². The van der Waals surface area contributed by atoms with Crippen LogP contribution >= 0.6 is 0 Å². The summed E-state index contributed by atoms with van der Waals surface area (Å²) in [6, 6.07) is 8.19. The van der Waals surface area contributed by atoms with Gasteiger partial charge in [-0.25, -0.2) is 9.97 Å². The first-order chi connectivity index (χ1) is 9.34. The van der Waals surface area contributed by atoms with Crippen molar-refractivity contribution in [1.29, 1.82) is 0 Å². The molecule has 3 rings (SSSR count). The molecule has 4 heteroatoms. The summed E-state index contributed by atoms with van der Waals surface area (Å²) in [5, 5.41) is 0. The first kappa shape index (κ1) is 12.1. The van der Waals surface area contributed by atoms with Crippen LogP contribution in [0.25, 0.3) is 0 Å². The van der Waals surface area contributed by atoms with Gasteiger partial charge in [-0.2, -0.15) is 0 Å². The highest BCUT2D eigenvalue weighted by molar-refractivity contribution is 5.38. The van der Waals surface area contributed by atoms with E-state index in [1.165, 1.54) is 11.9 Å². The van der Waals surface area contributed by atoms with Crippen molar-refractivity contribution in [2.24, 2.45) is 5.73 Å². The molecule has 19 heavy (non-hydrogen) atoms. The summed E-state index contributed by atoms with van der Waals surface area (Å²) in [7, 11) is 0. The molecule has 2 atom stereocenters. The summed E-state index contributed by atoms with van der Waals surface area (Å²) >= 11 is 0. The lowest BCUT2D eigenvalue weighted by molar-refractivity contribution is 0.259. The highest BCUT2D eigenvalue weighted by Gasteiger charge is 2.23. The number of fused-ring (bicyclic) bond motifs is 1. The van der Waals surface area contributed by atoms with Crippen LogP contribution in [0.15, 0.2) is 43.0 Å². The van der Waals surface area contributed by atoms with Crippen molar-refractivity contribution in [2.45, 2.75) is 24.8 Å². The average Bonchev–Trinajstić information content (AvgIpc) is 2.48. The zero-order valence-electron chi connectivity index (χ0n) is 10.7. The quantitative estimate of drug-likeness (QED) is 0.915. The molecule has 2 N–H and O–H groups in total. The second kappa shape index (κ2) is 5.36. The minimum absolute atomic E-state index is 0.0302. The van der Waals surface area contributed by atoms with Crippen LogP contribution in [0.4, 0.5) is 0 Å². The summed E-state index contributed by atoms with van der Waals surface area (Å²) in [6.45, 7) is 0.764. The number of nitrogens with two attached hydrogens (primary N) is 1. The molecule has 98 valence electrons. The standard InChI is InChI=1S/C15H17N3O/c16-14(12-8-17-10-18-9-12)7-11-5-6-19-15-4-2-1-3-13(11)15/h1-4,8-11,14H,5-7,16H2. The number of hydrogen-bond donors (Lipinski definition) is 1. The molecular weight excluding hydrogens is 238 g/mol. The van der Waals surface area contributed by atoms with E-state index in [0.29, 0.717) is 5.92 Å². The fourth-order valence-corrected chi connectivity index (χ4v) is 2.61. The van der Waals surface area contributed by atoms with Crippen molar-refractivity contribution in [3.05, 3.63) is 54.1 Å². The van der Waals surface area contributed by atoms with Gasteiger partial charge in [0.2, 0.25) is 0 Å². The monoisotopic (exact) mass is 255 g/mol. The fourth-order valence-electron chi connectivity index (χ4n) is 2.61. The molecule has 1 aromatic heterocycles. The van der Waals surface area contributed by atoms with Crippen LogP contribution in [0, 0.1) is 0 Å². The molecule has 0 spiro atoms. The molecule has 0 aliphatic carbocycles. The zero-order valence-corrected chi connectivity index (χ0v) is 10.7. The van der Waals surface area contributed by atoms with Gasteiger partial charge in [0.05, 0.1) is 6.61 Å². The lowest BCUT2D eigenvalue weighted by atomic mass is 9.86. The van der Waals surface area contributed by atoms with E-state index in [-0.39, 0.29) is 6.04 Å². The fraction of sp³-hybridized carbons (Fsp3) is 0.333. The maximum Gasteiger partial charge on any atom is 0.122 e. The molecule has 2 heterocycles. The van der Waals surface area contributed by atoms with Gasteiger partial charge in [0.15, 0.2) is 0 Å². The number of rotatable bonds is 3. The average molecular weight is 255 g/mol. The van der Waals surface area contributed by atoms with Crippen molar-refractivity contribution in [3.63, 3.8) is 0 Å². The Morgan fingerprint density at radius 2 is 2.05 bits per heavy atom. The van der Waals surface area contributed by atoms with Gasteiger partial charge >= 0.3 is 0 Å². The summed E-state index contributed by atoms with van der Waals surface area (Å²) in [4.78, 5) is 8.05. The Morgan fingerprint density at radius 1 is 1.26 bits per heavy atom. The minimum atomic E-state index is -0.0302. The molecule has 2 unspecified atom stereocenters. The second-order valence-corrected chi connectivity index (χ2v) is 4.89. The second-order valence-electron chi connectivity index (χ2n) is 4.89. The van der Waals surface area contributed by atoms with Gasteiger partial charge in [-0.15, -0.1) is 0 Å². The van der Waals surface area contributed by atoms with E-state index in [1.807, 2.05) is 12.1 Å². The topological polar surface area (TPSA) is 61.0 Å². The third-order valence-corrected chi connectivity index (χ3v) is 3.63. The van der Waals surface area contributed by atoms with Gasteiger partial charge in [0.1, 0.15) is 12.1 Å². The Labute approximate surface area is 112 Å². The van der Waals surface area contributed by atoms with Crippen LogP contribution in [0.1, 0.15) is 35.9 Å². The molecule has 0 fully saturated rings. The number of nitrogens with zero attached hydrogens (tertiary/aromatic N) is 2. The van der Waals surface area contributed by atoms with Gasteiger partial charge < -0.3 is 10.5 Å². The Bertz CT molecular complexity index is 544. The number of ether oxygens (including phenoxy) is 1. The number of hydrogen-bond acceptors (Lipinski definition) is 4. The predicted octanol–water partition coefficient (Wildman–Crippen LogP) is 2.43. The molecule has 1 aliphatic rings. The van der Waals surface area contributed by atoms with E-state index < -0.39 is 0 Å². The first-order valence-corrected chi connectivity index (χ1v) is 6.57. The highest BCUT2D eigenvalue weighted by atomic mass is 16.5. The molecule has 0 radical (unpaired) electrons. The Morgan fingerprint density at radius 3 is 2.89 bits per heavy atom. The third kappa shape index (κ3) is 2.58. The molecular formula is C15H17N3O. The summed E-state index contributed by atoms with van der Waals surface area (Å²) in [5.41, 5.74) is 8.52. The van der Waals surface area contributed by atoms with E-state index in [1.54, 1.807) is 12.4 Å². The molecule has 0 saturated heterocycles. The molecule has 1 aromatic carbocycles. The molecule has 0 saturated carbocycles. The van der Waals surface area contributed by atoms with Gasteiger partial charge in [0.25, 0.3) is 0 Å². The lowest BCUT2D eigenvalue weighted by Gasteiger charge is -2.27. The number of aromatic nitrogens is 2. The SMILES string of the molecule is NC(CC1CCOc2ccccc21)c1cncnc1.